The number of nitrogens with zero attached hydrogens (tertiary/aromatic N) is 2. The number of aromatic nitrogens is 2. The summed E-state index contributed by atoms with van der Waals surface area (Å²) in [4.78, 5) is 8.26. The first-order valence-electron chi connectivity index (χ1n) is 5.79. The van der Waals surface area contributed by atoms with Crippen LogP contribution < -0.4 is 10.5 Å². The number of ether oxygens (including phenoxy) is 1. The number of hydrogen-bond donors (Lipinski definition) is 1. The van der Waals surface area contributed by atoms with E-state index in [1.54, 1.807) is 18.2 Å². The molecular weight excluding hydrogens is 297 g/mol. The molecule has 100 valence electrons. The van der Waals surface area contributed by atoms with Gasteiger partial charge in [-0.2, -0.15) is 4.98 Å². The van der Waals surface area contributed by atoms with Crippen LogP contribution in [0.4, 0.5) is 5.95 Å². The van der Waals surface area contributed by atoms with Gasteiger partial charge in [0, 0.05) is 0 Å². The molecular formula is C14H9Cl2N3O. The zero-order valence-electron chi connectivity index (χ0n) is 10.2. The molecule has 0 aliphatic heterocycles. The van der Waals surface area contributed by atoms with Gasteiger partial charge in [0.25, 0.3) is 0 Å². The number of para-hydroxylation sites is 1. The lowest BCUT2D eigenvalue weighted by Gasteiger charge is -2.10. The molecule has 4 nitrogen and oxygen atoms in total. The Bertz CT molecular complexity index is 792. The normalized spacial score (nSPS) is 10.7. The van der Waals surface area contributed by atoms with Gasteiger partial charge < -0.3 is 10.5 Å². The topological polar surface area (TPSA) is 61.0 Å². The standard InChI is InChI=1S/C14H9Cl2N3O/c15-9-5-3-7-11(12(9)16)20-13-8-4-1-2-6-10(8)18-14(17)19-13/h1-7H,(H2,17,18,19). The Balaban J connectivity index is 2.13. The molecule has 0 atom stereocenters. The maximum atomic E-state index is 6.10. The maximum absolute atomic E-state index is 6.10. The van der Waals surface area contributed by atoms with E-state index in [1.165, 1.54) is 0 Å². The Morgan fingerprint density at radius 3 is 2.60 bits per heavy atom. The Morgan fingerprint density at radius 2 is 1.75 bits per heavy atom. The van der Waals surface area contributed by atoms with Crippen molar-refractivity contribution in [1.82, 2.24) is 9.97 Å². The zero-order chi connectivity index (χ0) is 14.1. The van der Waals surface area contributed by atoms with E-state index in [0.717, 1.165) is 5.39 Å². The van der Waals surface area contributed by atoms with Crippen molar-refractivity contribution in [3.05, 3.63) is 52.5 Å². The molecule has 0 unspecified atom stereocenters. The Kier molecular flexibility index (Phi) is 3.34. The van der Waals surface area contributed by atoms with Gasteiger partial charge in [0.15, 0.2) is 0 Å². The van der Waals surface area contributed by atoms with Crippen LogP contribution in [0.3, 0.4) is 0 Å². The molecule has 0 radical (unpaired) electrons. The lowest BCUT2D eigenvalue weighted by molar-refractivity contribution is 0.469. The maximum Gasteiger partial charge on any atom is 0.232 e. The summed E-state index contributed by atoms with van der Waals surface area (Å²) in [5.41, 5.74) is 6.39. The zero-order valence-corrected chi connectivity index (χ0v) is 11.7. The third kappa shape index (κ3) is 2.35. The number of nitrogen functional groups attached to an aromatic ring is 1. The van der Waals surface area contributed by atoms with Crippen molar-refractivity contribution in [3.63, 3.8) is 0 Å². The highest BCUT2D eigenvalue weighted by molar-refractivity contribution is 6.42. The van der Waals surface area contributed by atoms with Crippen molar-refractivity contribution in [2.45, 2.75) is 0 Å². The fourth-order valence-electron chi connectivity index (χ4n) is 1.81. The van der Waals surface area contributed by atoms with E-state index in [4.69, 9.17) is 33.7 Å². The third-order valence-corrected chi connectivity index (χ3v) is 3.51. The van der Waals surface area contributed by atoms with Gasteiger partial charge in [-0.05, 0) is 24.3 Å². The van der Waals surface area contributed by atoms with E-state index < -0.39 is 0 Å². The van der Waals surface area contributed by atoms with E-state index in [1.807, 2.05) is 24.3 Å². The number of fused-ring (bicyclic) bond motifs is 1. The number of rotatable bonds is 2. The summed E-state index contributed by atoms with van der Waals surface area (Å²) in [5, 5.41) is 1.49. The molecule has 2 aromatic carbocycles. The molecule has 0 aliphatic carbocycles. The van der Waals surface area contributed by atoms with E-state index in [-0.39, 0.29) is 5.95 Å². The fourth-order valence-corrected chi connectivity index (χ4v) is 2.14. The van der Waals surface area contributed by atoms with E-state index in [9.17, 15) is 0 Å². The molecule has 2 N–H and O–H groups in total. The smallest absolute Gasteiger partial charge is 0.232 e. The second-order valence-corrected chi connectivity index (χ2v) is 4.84. The molecule has 0 saturated carbocycles. The summed E-state index contributed by atoms with van der Waals surface area (Å²) in [6.07, 6.45) is 0. The second-order valence-electron chi connectivity index (χ2n) is 4.06. The summed E-state index contributed by atoms with van der Waals surface area (Å²) < 4.78 is 5.74. The number of hydrogen-bond acceptors (Lipinski definition) is 4. The molecule has 6 heteroatoms. The minimum atomic E-state index is 0.136. The van der Waals surface area contributed by atoms with Gasteiger partial charge in [-0.25, -0.2) is 4.98 Å². The van der Waals surface area contributed by atoms with Crippen LogP contribution in [-0.2, 0) is 0 Å². The predicted molar refractivity (Wildman–Crippen MR) is 80.5 cm³/mol. The highest BCUT2D eigenvalue weighted by atomic mass is 35.5. The molecule has 0 aliphatic rings. The van der Waals surface area contributed by atoms with Crippen molar-refractivity contribution in [2.24, 2.45) is 0 Å². The van der Waals surface area contributed by atoms with Crippen LogP contribution in [-0.4, -0.2) is 9.97 Å². The van der Waals surface area contributed by atoms with E-state index in [0.29, 0.717) is 27.2 Å². The first-order chi connectivity index (χ1) is 9.65. The number of benzene rings is 2. The van der Waals surface area contributed by atoms with Crippen LogP contribution in [0.25, 0.3) is 10.9 Å². The van der Waals surface area contributed by atoms with Crippen molar-refractivity contribution in [2.75, 3.05) is 5.73 Å². The Hall–Kier alpha value is -2.04. The Labute approximate surface area is 125 Å². The minimum Gasteiger partial charge on any atom is -0.437 e. The van der Waals surface area contributed by atoms with Crippen LogP contribution >= 0.6 is 23.2 Å². The molecule has 1 aromatic heterocycles. The van der Waals surface area contributed by atoms with Gasteiger partial charge in [-0.15, -0.1) is 0 Å². The lowest BCUT2D eigenvalue weighted by atomic mass is 10.2. The minimum absolute atomic E-state index is 0.136. The van der Waals surface area contributed by atoms with Crippen LogP contribution in [0.2, 0.25) is 10.0 Å². The molecule has 1 heterocycles. The summed E-state index contributed by atoms with van der Waals surface area (Å²) in [7, 11) is 0. The molecule has 0 spiro atoms. The largest absolute Gasteiger partial charge is 0.437 e. The summed E-state index contributed by atoms with van der Waals surface area (Å²) in [6.45, 7) is 0. The monoisotopic (exact) mass is 305 g/mol. The van der Waals surface area contributed by atoms with E-state index >= 15 is 0 Å². The predicted octanol–water partition coefficient (Wildman–Crippen LogP) is 4.31. The van der Waals surface area contributed by atoms with Gasteiger partial charge in [0.1, 0.15) is 10.8 Å². The van der Waals surface area contributed by atoms with Crippen molar-refractivity contribution in [3.8, 4) is 11.6 Å². The van der Waals surface area contributed by atoms with Gasteiger partial charge in [-0.3, -0.25) is 0 Å². The lowest BCUT2D eigenvalue weighted by Crippen LogP contribution is -1.98. The molecule has 0 fully saturated rings. The summed E-state index contributed by atoms with van der Waals surface area (Å²) >= 11 is 12.1. The third-order valence-electron chi connectivity index (χ3n) is 2.71. The fraction of sp³-hybridized carbons (Fsp3) is 0. The quantitative estimate of drug-likeness (QED) is 0.766. The molecule has 3 rings (SSSR count). The highest BCUT2D eigenvalue weighted by Crippen LogP contribution is 2.36. The molecule has 0 saturated heterocycles. The molecule has 0 bridgehead atoms. The molecule has 0 amide bonds. The van der Waals surface area contributed by atoms with Crippen LogP contribution in [0, 0.1) is 0 Å². The van der Waals surface area contributed by atoms with Crippen molar-refractivity contribution < 1.29 is 4.74 Å². The van der Waals surface area contributed by atoms with Crippen molar-refractivity contribution >= 4 is 40.1 Å². The summed E-state index contributed by atoms with van der Waals surface area (Å²) in [5.74, 6) is 0.900. The van der Waals surface area contributed by atoms with E-state index in [2.05, 4.69) is 9.97 Å². The first kappa shape index (κ1) is 13.0. The van der Waals surface area contributed by atoms with Gasteiger partial charge in [0.2, 0.25) is 11.8 Å². The average molecular weight is 306 g/mol. The van der Waals surface area contributed by atoms with Crippen LogP contribution in [0.1, 0.15) is 0 Å². The first-order valence-corrected chi connectivity index (χ1v) is 6.55. The summed E-state index contributed by atoms with van der Waals surface area (Å²) in [6, 6.07) is 12.6. The highest BCUT2D eigenvalue weighted by Gasteiger charge is 2.11. The van der Waals surface area contributed by atoms with Crippen molar-refractivity contribution in [1.29, 1.82) is 0 Å². The number of anilines is 1. The van der Waals surface area contributed by atoms with Gasteiger partial charge in [0.05, 0.1) is 15.9 Å². The average Bonchev–Trinajstić information content (AvgIpc) is 2.43. The van der Waals surface area contributed by atoms with Gasteiger partial charge in [-0.1, -0.05) is 41.4 Å². The van der Waals surface area contributed by atoms with Gasteiger partial charge >= 0.3 is 0 Å². The Morgan fingerprint density at radius 1 is 0.950 bits per heavy atom. The number of nitrogens with two attached hydrogens (primary N) is 1. The van der Waals surface area contributed by atoms with Crippen LogP contribution in [0.15, 0.2) is 42.5 Å². The van der Waals surface area contributed by atoms with Crippen LogP contribution in [0.5, 0.6) is 11.6 Å². The molecule has 3 aromatic rings. The SMILES string of the molecule is Nc1nc(Oc2cccc(Cl)c2Cl)c2ccccc2n1. The second kappa shape index (κ2) is 5.15. The molecule has 20 heavy (non-hydrogen) atoms. The number of halogens is 2.